The Balaban J connectivity index is 2.94. The predicted octanol–water partition coefficient (Wildman–Crippen LogP) is 4.54. The Hall–Kier alpha value is -1.39. The second kappa shape index (κ2) is 5.67. The quantitative estimate of drug-likeness (QED) is 0.871. The minimum Gasteiger partial charge on any atom is -0.383 e. The van der Waals surface area contributed by atoms with Crippen molar-refractivity contribution in [2.75, 3.05) is 5.73 Å². The van der Waals surface area contributed by atoms with Gasteiger partial charge in [0.25, 0.3) is 5.56 Å². The van der Waals surface area contributed by atoms with E-state index in [4.69, 9.17) is 28.9 Å². The molecule has 0 aliphatic carbocycles. The maximum atomic E-state index is 12.9. The molecule has 1 aromatic heterocycles. The molecule has 0 bridgehead atoms. The van der Waals surface area contributed by atoms with Crippen LogP contribution in [0.5, 0.6) is 0 Å². The molecule has 0 atom stereocenters. The van der Waals surface area contributed by atoms with Gasteiger partial charge in [0, 0.05) is 11.6 Å². The fourth-order valence-electron chi connectivity index (χ4n) is 2.66. The molecule has 6 heteroatoms. The van der Waals surface area contributed by atoms with Crippen LogP contribution >= 0.6 is 23.2 Å². The van der Waals surface area contributed by atoms with Crippen LogP contribution < -0.4 is 11.3 Å². The molecule has 2 rings (SSSR count). The summed E-state index contributed by atoms with van der Waals surface area (Å²) in [7, 11) is 0. The van der Waals surface area contributed by atoms with Crippen LogP contribution in [0.4, 0.5) is 5.82 Å². The molecule has 120 valence electrons. The van der Waals surface area contributed by atoms with E-state index in [2.05, 4.69) is 0 Å². The Morgan fingerprint density at radius 2 is 1.59 bits per heavy atom. The zero-order valence-corrected chi connectivity index (χ0v) is 15.0. The van der Waals surface area contributed by atoms with Gasteiger partial charge in [-0.15, -0.1) is 0 Å². The standard InChI is InChI=1S/C16H21Cl2N3O/c1-9(2)20-15(22)13(14(19)21(20)16(3,4)5)12-10(17)7-6-8-11(12)18/h6-9H,19H2,1-5H3. The third-order valence-corrected chi connectivity index (χ3v) is 4.09. The van der Waals surface area contributed by atoms with Gasteiger partial charge in [-0.25, -0.2) is 4.68 Å². The number of nitrogens with zero attached hydrogens (tertiary/aromatic N) is 2. The molecule has 0 fully saturated rings. The number of rotatable bonds is 2. The van der Waals surface area contributed by atoms with Crippen molar-refractivity contribution in [3.05, 3.63) is 38.6 Å². The van der Waals surface area contributed by atoms with Gasteiger partial charge in [-0.05, 0) is 46.8 Å². The van der Waals surface area contributed by atoms with E-state index in [0.717, 1.165) is 0 Å². The van der Waals surface area contributed by atoms with E-state index in [1.807, 2.05) is 39.3 Å². The van der Waals surface area contributed by atoms with Crippen LogP contribution in [0.25, 0.3) is 11.1 Å². The molecule has 0 radical (unpaired) electrons. The van der Waals surface area contributed by atoms with Crippen LogP contribution in [-0.4, -0.2) is 9.36 Å². The molecule has 22 heavy (non-hydrogen) atoms. The van der Waals surface area contributed by atoms with E-state index < -0.39 is 0 Å². The molecule has 0 aliphatic rings. The molecule has 0 amide bonds. The Labute approximate surface area is 140 Å². The minimum atomic E-state index is -0.348. The molecule has 2 aromatic rings. The van der Waals surface area contributed by atoms with Gasteiger partial charge < -0.3 is 5.73 Å². The van der Waals surface area contributed by atoms with Gasteiger partial charge in [-0.3, -0.25) is 9.48 Å². The number of hydrogen-bond acceptors (Lipinski definition) is 2. The summed E-state index contributed by atoms with van der Waals surface area (Å²) in [5.41, 5.74) is 6.64. The van der Waals surface area contributed by atoms with Crippen LogP contribution in [-0.2, 0) is 5.54 Å². The van der Waals surface area contributed by atoms with Gasteiger partial charge >= 0.3 is 0 Å². The molecule has 0 saturated heterocycles. The van der Waals surface area contributed by atoms with E-state index in [-0.39, 0.29) is 17.1 Å². The fraction of sp³-hybridized carbons (Fsp3) is 0.438. The van der Waals surface area contributed by atoms with Crippen LogP contribution in [0.1, 0.15) is 40.7 Å². The topological polar surface area (TPSA) is 52.9 Å². The van der Waals surface area contributed by atoms with Crippen LogP contribution in [0, 0.1) is 0 Å². The van der Waals surface area contributed by atoms with Crippen molar-refractivity contribution in [3.8, 4) is 11.1 Å². The number of halogens is 2. The lowest BCUT2D eigenvalue weighted by Gasteiger charge is -2.28. The maximum absolute atomic E-state index is 12.9. The summed E-state index contributed by atoms with van der Waals surface area (Å²) in [6.07, 6.45) is 0. The van der Waals surface area contributed by atoms with Crippen LogP contribution in [0.3, 0.4) is 0 Å². The average Bonchev–Trinajstić information content (AvgIpc) is 2.62. The van der Waals surface area contributed by atoms with E-state index in [1.165, 1.54) is 0 Å². The second-order valence-corrected chi connectivity index (χ2v) is 7.40. The highest BCUT2D eigenvalue weighted by molar-refractivity contribution is 6.39. The third-order valence-electron chi connectivity index (χ3n) is 3.46. The lowest BCUT2D eigenvalue weighted by molar-refractivity contribution is 0.275. The van der Waals surface area contributed by atoms with Gasteiger partial charge in [-0.1, -0.05) is 29.3 Å². The summed E-state index contributed by atoms with van der Waals surface area (Å²) in [5.74, 6) is 0.376. The normalized spacial score (nSPS) is 12.2. The first-order chi connectivity index (χ1) is 10.1. The number of nitrogens with two attached hydrogens (primary N) is 1. The summed E-state index contributed by atoms with van der Waals surface area (Å²) in [6, 6.07) is 5.11. The number of benzene rings is 1. The number of aromatic nitrogens is 2. The molecular formula is C16H21Cl2N3O. The minimum absolute atomic E-state index is 0.0379. The van der Waals surface area contributed by atoms with Gasteiger partial charge in [0.2, 0.25) is 0 Å². The van der Waals surface area contributed by atoms with Gasteiger partial charge in [0.15, 0.2) is 0 Å². The largest absolute Gasteiger partial charge is 0.383 e. The van der Waals surface area contributed by atoms with E-state index >= 15 is 0 Å². The van der Waals surface area contributed by atoms with Crippen molar-refractivity contribution >= 4 is 29.0 Å². The molecule has 0 unspecified atom stereocenters. The molecule has 4 nitrogen and oxygen atoms in total. The van der Waals surface area contributed by atoms with Crippen molar-refractivity contribution in [3.63, 3.8) is 0 Å². The van der Waals surface area contributed by atoms with Gasteiger partial charge in [-0.2, -0.15) is 0 Å². The molecule has 2 N–H and O–H groups in total. The smallest absolute Gasteiger partial charge is 0.277 e. The first kappa shape index (κ1) is 17.0. The molecule has 0 saturated carbocycles. The van der Waals surface area contributed by atoms with E-state index in [1.54, 1.807) is 22.9 Å². The number of anilines is 1. The van der Waals surface area contributed by atoms with Gasteiger partial charge in [0.1, 0.15) is 5.82 Å². The van der Waals surface area contributed by atoms with Crippen LogP contribution in [0.15, 0.2) is 23.0 Å². The van der Waals surface area contributed by atoms with Crippen LogP contribution in [0.2, 0.25) is 10.0 Å². The zero-order valence-electron chi connectivity index (χ0n) is 13.4. The Bertz CT molecular complexity index is 747. The predicted molar refractivity (Wildman–Crippen MR) is 93.9 cm³/mol. The Morgan fingerprint density at radius 3 is 1.95 bits per heavy atom. The SMILES string of the molecule is CC(C)n1c(=O)c(-c2c(Cl)cccc2Cl)c(N)n1C(C)(C)C. The first-order valence-electron chi connectivity index (χ1n) is 7.15. The summed E-state index contributed by atoms with van der Waals surface area (Å²) in [5, 5.41) is 0.830. The molecule has 1 heterocycles. The highest BCUT2D eigenvalue weighted by Crippen LogP contribution is 2.37. The Morgan fingerprint density at radius 1 is 1.09 bits per heavy atom. The van der Waals surface area contributed by atoms with Crippen molar-refractivity contribution in [2.45, 2.75) is 46.2 Å². The Kier molecular flexibility index (Phi) is 4.37. The maximum Gasteiger partial charge on any atom is 0.277 e. The molecule has 0 aliphatic heterocycles. The highest BCUT2D eigenvalue weighted by Gasteiger charge is 2.29. The number of nitrogen functional groups attached to an aromatic ring is 1. The van der Waals surface area contributed by atoms with Crippen molar-refractivity contribution in [1.82, 2.24) is 9.36 Å². The lowest BCUT2D eigenvalue weighted by atomic mass is 10.1. The summed E-state index contributed by atoms with van der Waals surface area (Å²) >= 11 is 12.5. The third kappa shape index (κ3) is 2.66. The number of hydrogen-bond donors (Lipinski definition) is 1. The van der Waals surface area contributed by atoms with Gasteiger partial charge in [0.05, 0.1) is 21.1 Å². The fourth-order valence-corrected chi connectivity index (χ4v) is 3.24. The van der Waals surface area contributed by atoms with Crippen molar-refractivity contribution < 1.29 is 0 Å². The average molecular weight is 342 g/mol. The summed E-state index contributed by atoms with van der Waals surface area (Å²) in [4.78, 5) is 12.9. The monoisotopic (exact) mass is 341 g/mol. The zero-order chi connectivity index (χ0) is 16.8. The molecule has 1 aromatic carbocycles. The molecular weight excluding hydrogens is 321 g/mol. The highest BCUT2D eigenvalue weighted by atomic mass is 35.5. The van der Waals surface area contributed by atoms with Crippen molar-refractivity contribution in [1.29, 1.82) is 0 Å². The first-order valence-corrected chi connectivity index (χ1v) is 7.90. The molecule has 0 spiro atoms. The van der Waals surface area contributed by atoms with E-state index in [9.17, 15) is 4.79 Å². The van der Waals surface area contributed by atoms with E-state index in [0.29, 0.717) is 27.0 Å². The van der Waals surface area contributed by atoms with Crippen molar-refractivity contribution in [2.24, 2.45) is 0 Å². The lowest BCUT2D eigenvalue weighted by Crippen LogP contribution is -2.34. The summed E-state index contributed by atoms with van der Waals surface area (Å²) in [6.45, 7) is 9.89. The second-order valence-electron chi connectivity index (χ2n) is 6.58. The summed E-state index contributed by atoms with van der Waals surface area (Å²) < 4.78 is 3.47.